The molecule has 0 aliphatic heterocycles. The van der Waals surface area contributed by atoms with Crippen LogP contribution in [0, 0.1) is 0 Å². The molecule has 0 aromatic heterocycles. The lowest BCUT2D eigenvalue weighted by molar-refractivity contribution is -0.122. The van der Waals surface area contributed by atoms with Crippen LogP contribution in [-0.4, -0.2) is 23.3 Å². The first kappa shape index (κ1) is 17.6. The Labute approximate surface area is 99.2 Å². The highest BCUT2D eigenvalue weighted by Crippen LogP contribution is 2.08. The lowest BCUT2D eigenvalue weighted by Crippen LogP contribution is -1.79. The van der Waals surface area contributed by atoms with E-state index in [1.165, 1.54) is 44.9 Å². The predicted molar refractivity (Wildman–Crippen MR) is 67.5 cm³/mol. The molecule has 96 valence electrons. The van der Waals surface area contributed by atoms with Crippen LogP contribution in [-0.2, 0) is 4.79 Å². The van der Waals surface area contributed by atoms with Crippen LogP contribution < -0.4 is 0 Å². The third-order valence-corrected chi connectivity index (χ3v) is 2.25. The summed E-state index contributed by atoms with van der Waals surface area (Å²) in [6.45, 7) is 2.19. The number of rotatable bonds is 9. The fourth-order valence-electron chi connectivity index (χ4n) is 1.41. The molecule has 0 aliphatic carbocycles. The van der Waals surface area contributed by atoms with Gasteiger partial charge >= 0.3 is 0 Å². The minimum atomic E-state index is -0.250. The molecule has 0 saturated heterocycles. The van der Waals surface area contributed by atoms with Crippen molar-refractivity contribution < 1.29 is 15.0 Å². The van der Waals surface area contributed by atoms with Crippen LogP contribution in [0.15, 0.2) is 12.2 Å². The van der Waals surface area contributed by atoms with Gasteiger partial charge in [-0.3, -0.25) is 4.79 Å². The van der Waals surface area contributed by atoms with Gasteiger partial charge in [-0.2, -0.15) is 0 Å². The first-order valence-electron chi connectivity index (χ1n) is 6.17. The predicted octanol–water partition coefficient (Wildman–Crippen LogP) is 3.38. The molecule has 0 bridgehead atoms. The van der Waals surface area contributed by atoms with Crippen LogP contribution in [0.2, 0.25) is 0 Å². The molecule has 0 rings (SSSR count). The van der Waals surface area contributed by atoms with Crippen LogP contribution in [0.25, 0.3) is 0 Å². The van der Waals surface area contributed by atoms with Gasteiger partial charge in [-0.25, -0.2) is 0 Å². The van der Waals surface area contributed by atoms with Crippen LogP contribution in [0.1, 0.15) is 58.3 Å². The number of hydrogen-bond donors (Lipinski definition) is 2. The van der Waals surface area contributed by atoms with Crippen molar-refractivity contribution >= 4 is 6.47 Å². The number of carboxylic acid groups (broad SMARTS) is 1. The maximum Gasteiger partial charge on any atom is 0.290 e. The van der Waals surface area contributed by atoms with E-state index in [-0.39, 0.29) is 13.1 Å². The van der Waals surface area contributed by atoms with E-state index in [1.807, 2.05) is 6.08 Å². The molecular formula is C13H26O3. The van der Waals surface area contributed by atoms with Crippen LogP contribution in [0.4, 0.5) is 0 Å². The maximum absolute atomic E-state index is 8.48. The summed E-state index contributed by atoms with van der Waals surface area (Å²) in [5, 5.41) is 15.4. The van der Waals surface area contributed by atoms with Gasteiger partial charge in [0.25, 0.3) is 6.47 Å². The molecule has 0 spiro atoms. The van der Waals surface area contributed by atoms with Crippen molar-refractivity contribution in [1.82, 2.24) is 0 Å². The van der Waals surface area contributed by atoms with E-state index in [0.29, 0.717) is 0 Å². The largest absolute Gasteiger partial charge is 0.483 e. The molecule has 0 amide bonds. The minimum Gasteiger partial charge on any atom is -0.483 e. The molecule has 2 N–H and O–H groups in total. The van der Waals surface area contributed by atoms with E-state index in [9.17, 15) is 0 Å². The normalized spacial score (nSPS) is 9.88. The molecule has 0 radical (unpaired) electrons. The average Bonchev–Trinajstić information content (AvgIpc) is 2.28. The van der Waals surface area contributed by atoms with Crippen LogP contribution >= 0.6 is 0 Å². The van der Waals surface area contributed by atoms with Crippen molar-refractivity contribution in [2.75, 3.05) is 6.61 Å². The number of unbranched alkanes of at least 4 members (excludes halogenated alkanes) is 7. The number of allylic oxidation sites excluding steroid dienone is 1. The molecule has 0 aromatic rings. The molecule has 0 atom stereocenters. The Balaban J connectivity index is 0. The quantitative estimate of drug-likeness (QED) is 0.363. The van der Waals surface area contributed by atoms with Crippen molar-refractivity contribution in [3.63, 3.8) is 0 Å². The summed E-state index contributed by atoms with van der Waals surface area (Å²) < 4.78 is 0. The molecule has 0 saturated carbocycles. The van der Waals surface area contributed by atoms with Gasteiger partial charge in [0.2, 0.25) is 0 Å². The van der Waals surface area contributed by atoms with E-state index in [0.717, 1.165) is 6.42 Å². The summed E-state index contributed by atoms with van der Waals surface area (Å²) >= 11 is 0. The molecule has 16 heavy (non-hydrogen) atoms. The van der Waals surface area contributed by atoms with E-state index < -0.39 is 0 Å². The smallest absolute Gasteiger partial charge is 0.290 e. The topological polar surface area (TPSA) is 57.5 Å². The van der Waals surface area contributed by atoms with Crippen molar-refractivity contribution in [2.45, 2.75) is 58.3 Å². The first-order valence-corrected chi connectivity index (χ1v) is 6.17. The van der Waals surface area contributed by atoms with Gasteiger partial charge in [-0.15, -0.1) is 0 Å². The number of aliphatic hydroxyl groups excluding tert-OH is 1. The fourth-order valence-corrected chi connectivity index (χ4v) is 1.41. The zero-order valence-corrected chi connectivity index (χ0v) is 10.4. The van der Waals surface area contributed by atoms with E-state index >= 15 is 0 Å². The van der Waals surface area contributed by atoms with Crippen molar-refractivity contribution in [3.8, 4) is 0 Å². The molecule has 3 heteroatoms. The molecule has 0 fully saturated rings. The zero-order valence-electron chi connectivity index (χ0n) is 10.4. The Kier molecular flexibility index (Phi) is 21.6. The number of carbonyl (C=O) groups is 1. The third-order valence-electron chi connectivity index (χ3n) is 2.25. The van der Waals surface area contributed by atoms with E-state index in [4.69, 9.17) is 15.0 Å². The van der Waals surface area contributed by atoms with Gasteiger partial charge in [-0.05, 0) is 12.8 Å². The second-order valence-corrected chi connectivity index (χ2v) is 3.67. The summed E-state index contributed by atoms with van der Waals surface area (Å²) in [4.78, 5) is 8.36. The second kappa shape index (κ2) is 19.7. The van der Waals surface area contributed by atoms with Crippen molar-refractivity contribution in [2.24, 2.45) is 0 Å². The molecule has 0 heterocycles. The highest BCUT2D eigenvalue weighted by molar-refractivity contribution is 5.32. The Morgan fingerprint density at radius 3 is 1.94 bits per heavy atom. The number of aliphatic hydroxyl groups is 1. The summed E-state index contributed by atoms with van der Waals surface area (Å²) in [6, 6.07) is 0. The highest BCUT2D eigenvalue weighted by Gasteiger charge is 1.88. The van der Waals surface area contributed by atoms with E-state index in [2.05, 4.69) is 13.0 Å². The Morgan fingerprint density at radius 2 is 1.44 bits per heavy atom. The second-order valence-electron chi connectivity index (χ2n) is 3.67. The van der Waals surface area contributed by atoms with Crippen molar-refractivity contribution in [1.29, 1.82) is 0 Å². The van der Waals surface area contributed by atoms with Gasteiger partial charge in [0.1, 0.15) is 0 Å². The molecule has 0 aromatic carbocycles. The standard InChI is InChI=1S/C12H24O.CH2O2/c1-2-3-4-5-6-7-8-9-10-11-12-13;2-1-3/h10-11,13H,2-9,12H2,1H3;1H,(H,2,3)/b11-10+;. The van der Waals surface area contributed by atoms with Crippen LogP contribution in [0.5, 0.6) is 0 Å². The summed E-state index contributed by atoms with van der Waals surface area (Å²) in [7, 11) is 0. The van der Waals surface area contributed by atoms with Gasteiger partial charge in [0.05, 0.1) is 6.61 Å². The third kappa shape index (κ3) is 23.2. The van der Waals surface area contributed by atoms with Crippen molar-refractivity contribution in [3.05, 3.63) is 12.2 Å². The average molecular weight is 230 g/mol. The van der Waals surface area contributed by atoms with Crippen LogP contribution in [0.3, 0.4) is 0 Å². The lowest BCUT2D eigenvalue weighted by atomic mass is 10.1. The van der Waals surface area contributed by atoms with E-state index in [1.54, 1.807) is 0 Å². The minimum absolute atomic E-state index is 0.191. The van der Waals surface area contributed by atoms with Gasteiger partial charge in [0.15, 0.2) is 0 Å². The maximum atomic E-state index is 8.48. The molecule has 0 aliphatic rings. The number of hydrogen-bond acceptors (Lipinski definition) is 2. The summed E-state index contributed by atoms with van der Waals surface area (Å²) in [6.07, 6.45) is 14.6. The summed E-state index contributed by atoms with van der Waals surface area (Å²) in [5.74, 6) is 0. The zero-order chi connectivity index (χ0) is 12.5. The molecule has 3 nitrogen and oxygen atoms in total. The van der Waals surface area contributed by atoms with Gasteiger partial charge < -0.3 is 10.2 Å². The Hall–Kier alpha value is -0.830. The molecule has 0 unspecified atom stereocenters. The SMILES string of the molecule is CCCCCCCCC/C=C/CO.O=CO. The highest BCUT2D eigenvalue weighted by atomic mass is 16.3. The fraction of sp³-hybridized carbons (Fsp3) is 0.769. The monoisotopic (exact) mass is 230 g/mol. The Bertz CT molecular complexity index is 144. The molecular weight excluding hydrogens is 204 g/mol. The van der Waals surface area contributed by atoms with Gasteiger partial charge in [-0.1, -0.05) is 57.6 Å². The van der Waals surface area contributed by atoms with Gasteiger partial charge in [0, 0.05) is 0 Å². The summed E-state index contributed by atoms with van der Waals surface area (Å²) in [5.41, 5.74) is 0. The lowest BCUT2D eigenvalue weighted by Gasteiger charge is -1.98. The first-order chi connectivity index (χ1) is 7.83. The Morgan fingerprint density at radius 1 is 0.938 bits per heavy atom.